The summed E-state index contributed by atoms with van der Waals surface area (Å²) >= 11 is 4.42. The number of aliphatic imine (C=N–C) groups is 1. The molecule has 52 valence electrons. The molecule has 2 nitrogen and oxygen atoms in total. The second-order valence-corrected chi connectivity index (χ2v) is 2.27. The second-order valence-electron chi connectivity index (χ2n) is 2.08. The first-order valence-electron chi connectivity index (χ1n) is 2.85. The number of hydrogen-bond acceptors (Lipinski definition) is 3. The zero-order valence-corrected chi connectivity index (χ0v) is 6.79. The van der Waals surface area contributed by atoms with Crippen LogP contribution in [0.4, 0.5) is 0 Å². The highest BCUT2D eigenvalue weighted by Gasteiger charge is 2.13. The lowest BCUT2D eigenvalue weighted by molar-refractivity contribution is -0.00176. The van der Waals surface area contributed by atoms with Crippen LogP contribution in [0.15, 0.2) is 4.99 Å². The zero-order chi connectivity index (χ0) is 7.33. The molecular weight excluding hydrogens is 134 g/mol. The van der Waals surface area contributed by atoms with Crippen LogP contribution in [-0.2, 0) is 4.74 Å². The fourth-order valence-electron chi connectivity index (χ4n) is 0.495. The van der Waals surface area contributed by atoms with Crippen molar-refractivity contribution < 1.29 is 4.74 Å². The van der Waals surface area contributed by atoms with Crippen LogP contribution < -0.4 is 0 Å². The van der Waals surface area contributed by atoms with Crippen molar-refractivity contribution in [3.05, 3.63) is 0 Å². The van der Waals surface area contributed by atoms with Crippen molar-refractivity contribution in [3.8, 4) is 0 Å². The molecule has 0 amide bonds. The molecule has 0 bridgehead atoms. The van der Waals surface area contributed by atoms with Gasteiger partial charge in [0, 0.05) is 6.61 Å². The molecule has 0 spiro atoms. The summed E-state index contributed by atoms with van der Waals surface area (Å²) in [7, 11) is 0. The quantitative estimate of drug-likeness (QED) is 0.446. The highest BCUT2D eigenvalue weighted by atomic mass is 32.1. The summed E-state index contributed by atoms with van der Waals surface area (Å²) < 4.78 is 5.17. The van der Waals surface area contributed by atoms with Crippen molar-refractivity contribution in [2.45, 2.75) is 26.5 Å². The van der Waals surface area contributed by atoms with Gasteiger partial charge in [0.2, 0.25) is 0 Å². The highest BCUT2D eigenvalue weighted by Crippen LogP contribution is 2.08. The molecule has 9 heavy (non-hydrogen) atoms. The van der Waals surface area contributed by atoms with E-state index in [-0.39, 0.29) is 0 Å². The van der Waals surface area contributed by atoms with E-state index in [4.69, 9.17) is 4.74 Å². The summed E-state index contributed by atoms with van der Waals surface area (Å²) in [5.74, 6) is 0. The van der Waals surface area contributed by atoms with Crippen LogP contribution in [0.1, 0.15) is 20.8 Å². The van der Waals surface area contributed by atoms with E-state index in [9.17, 15) is 0 Å². The van der Waals surface area contributed by atoms with Gasteiger partial charge in [-0.05, 0) is 33.0 Å². The largest absolute Gasteiger partial charge is 0.354 e. The molecule has 0 aliphatic rings. The van der Waals surface area contributed by atoms with Crippen molar-refractivity contribution in [1.29, 1.82) is 0 Å². The van der Waals surface area contributed by atoms with Gasteiger partial charge in [-0.15, -0.1) is 0 Å². The maximum Gasteiger partial charge on any atom is 0.162 e. The van der Waals surface area contributed by atoms with E-state index in [1.165, 1.54) is 0 Å². The average molecular weight is 145 g/mol. The fraction of sp³-hybridized carbons (Fsp3) is 0.833. The Morgan fingerprint density at radius 2 is 2.22 bits per heavy atom. The van der Waals surface area contributed by atoms with E-state index in [0.717, 1.165) is 0 Å². The number of hydrogen-bond donors (Lipinski definition) is 0. The van der Waals surface area contributed by atoms with Crippen molar-refractivity contribution in [3.63, 3.8) is 0 Å². The first-order chi connectivity index (χ1) is 4.12. The summed E-state index contributed by atoms with van der Waals surface area (Å²) in [5, 5.41) is 2.28. The van der Waals surface area contributed by atoms with Gasteiger partial charge in [0.05, 0.1) is 5.16 Å². The van der Waals surface area contributed by atoms with Gasteiger partial charge < -0.3 is 4.74 Å². The lowest BCUT2D eigenvalue weighted by Crippen LogP contribution is -2.20. The maximum atomic E-state index is 5.17. The molecule has 0 heterocycles. The van der Waals surface area contributed by atoms with Crippen LogP contribution in [0.5, 0.6) is 0 Å². The third-order valence-electron chi connectivity index (χ3n) is 0.812. The van der Waals surface area contributed by atoms with E-state index in [0.29, 0.717) is 6.61 Å². The molecule has 0 N–H and O–H groups in total. The molecule has 0 aromatic heterocycles. The molecule has 0 aliphatic carbocycles. The molecule has 0 aromatic carbocycles. The van der Waals surface area contributed by atoms with Gasteiger partial charge in [0.1, 0.15) is 0 Å². The third-order valence-corrected chi connectivity index (χ3v) is 0.904. The Labute approximate surface area is 60.9 Å². The van der Waals surface area contributed by atoms with Crippen molar-refractivity contribution >= 4 is 17.4 Å². The summed E-state index contributed by atoms with van der Waals surface area (Å²) in [6, 6.07) is 0. The highest BCUT2D eigenvalue weighted by molar-refractivity contribution is 7.78. The summed E-state index contributed by atoms with van der Waals surface area (Å²) in [4.78, 5) is 3.79. The van der Waals surface area contributed by atoms with E-state index in [2.05, 4.69) is 22.4 Å². The standard InChI is InChI=1S/C6H11NOS/c1-4-8-6(2,3)7-5-9/h4H2,1-3H3. The first-order valence-corrected chi connectivity index (χ1v) is 3.26. The SMILES string of the molecule is CCOC(C)(C)N=C=S. The Balaban J connectivity index is 3.85. The van der Waals surface area contributed by atoms with Gasteiger partial charge in [-0.1, -0.05) is 0 Å². The topological polar surface area (TPSA) is 21.6 Å². The molecule has 0 atom stereocenters. The Kier molecular flexibility index (Phi) is 3.62. The minimum absolute atomic E-state index is 0.490. The van der Waals surface area contributed by atoms with Gasteiger partial charge in [0.15, 0.2) is 5.72 Å². The summed E-state index contributed by atoms with van der Waals surface area (Å²) in [6.07, 6.45) is 0. The third kappa shape index (κ3) is 4.28. The smallest absolute Gasteiger partial charge is 0.162 e. The van der Waals surface area contributed by atoms with E-state index < -0.39 is 5.72 Å². The van der Waals surface area contributed by atoms with Crippen LogP contribution in [0.2, 0.25) is 0 Å². The molecule has 0 radical (unpaired) electrons. The average Bonchev–Trinajstić information content (AvgIpc) is 1.64. The number of isothiocyanates is 1. The predicted octanol–water partition coefficient (Wildman–Crippen LogP) is 1.86. The van der Waals surface area contributed by atoms with Gasteiger partial charge >= 0.3 is 0 Å². The van der Waals surface area contributed by atoms with Crippen LogP contribution in [-0.4, -0.2) is 17.5 Å². The first kappa shape index (κ1) is 8.76. The Hall–Kier alpha value is -0.240. The van der Waals surface area contributed by atoms with Gasteiger partial charge in [0.25, 0.3) is 0 Å². The normalized spacial score (nSPS) is 10.6. The van der Waals surface area contributed by atoms with Crippen LogP contribution in [0.3, 0.4) is 0 Å². The van der Waals surface area contributed by atoms with Crippen LogP contribution in [0, 0.1) is 0 Å². The number of nitrogens with zero attached hydrogens (tertiary/aromatic N) is 1. The van der Waals surface area contributed by atoms with Crippen molar-refractivity contribution in [2.75, 3.05) is 6.61 Å². The lowest BCUT2D eigenvalue weighted by Gasteiger charge is -2.16. The molecular formula is C6H11NOS. The Morgan fingerprint density at radius 3 is 2.56 bits per heavy atom. The molecule has 3 heteroatoms. The zero-order valence-electron chi connectivity index (χ0n) is 5.97. The molecule has 0 aliphatic heterocycles. The lowest BCUT2D eigenvalue weighted by atomic mass is 10.3. The predicted molar refractivity (Wildman–Crippen MR) is 40.7 cm³/mol. The van der Waals surface area contributed by atoms with Crippen LogP contribution >= 0.6 is 12.2 Å². The molecule has 0 unspecified atom stereocenters. The molecule has 0 fully saturated rings. The Bertz CT molecular complexity index is 127. The van der Waals surface area contributed by atoms with Gasteiger partial charge in [-0.25, -0.2) is 0 Å². The minimum atomic E-state index is -0.490. The molecule has 0 aromatic rings. The van der Waals surface area contributed by atoms with Crippen molar-refractivity contribution in [1.82, 2.24) is 0 Å². The fourth-order valence-corrected chi connectivity index (χ4v) is 0.715. The van der Waals surface area contributed by atoms with Gasteiger partial charge in [-0.2, -0.15) is 4.99 Å². The van der Waals surface area contributed by atoms with E-state index >= 15 is 0 Å². The number of thiocarbonyl (C=S) groups is 1. The van der Waals surface area contributed by atoms with E-state index in [1.54, 1.807) is 0 Å². The number of rotatable bonds is 3. The van der Waals surface area contributed by atoms with Crippen molar-refractivity contribution in [2.24, 2.45) is 4.99 Å². The summed E-state index contributed by atoms with van der Waals surface area (Å²) in [5.41, 5.74) is -0.490. The second kappa shape index (κ2) is 3.72. The Morgan fingerprint density at radius 1 is 1.67 bits per heavy atom. The minimum Gasteiger partial charge on any atom is -0.354 e. The summed E-state index contributed by atoms with van der Waals surface area (Å²) in [6.45, 7) is 6.25. The van der Waals surface area contributed by atoms with Gasteiger partial charge in [-0.3, -0.25) is 0 Å². The monoisotopic (exact) mass is 145 g/mol. The number of ether oxygens (including phenoxy) is 1. The molecule has 0 saturated carbocycles. The van der Waals surface area contributed by atoms with E-state index in [1.807, 2.05) is 20.8 Å². The maximum absolute atomic E-state index is 5.17. The molecule has 0 saturated heterocycles. The molecule has 0 rings (SSSR count). The van der Waals surface area contributed by atoms with Crippen LogP contribution in [0.25, 0.3) is 0 Å².